The summed E-state index contributed by atoms with van der Waals surface area (Å²) in [4.78, 5) is 0. The molecule has 1 aliphatic carbocycles. The van der Waals surface area contributed by atoms with Gasteiger partial charge < -0.3 is 6.42 Å². The first kappa shape index (κ1) is 10.3. The van der Waals surface area contributed by atoms with Crippen molar-refractivity contribution in [3.05, 3.63) is 19.1 Å². The van der Waals surface area contributed by atoms with Gasteiger partial charge in [-0.3, -0.25) is 0 Å². The largest absolute Gasteiger partial charge is 1.00 e. The van der Waals surface area contributed by atoms with Gasteiger partial charge in [0, 0.05) is 0 Å². The summed E-state index contributed by atoms with van der Waals surface area (Å²) in [5.74, 6) is 0.951. The summed E-state index contributed by atoms with van der Waals surface area (Å²) in [6.45, 7) is 3.74. The summed E-state index contributed by atoms with van der Waals surface area (Å²) in [5.41, 5.74) is 0. The van der Waals surface area contributed by atoms with Crippen molar-refractivity contribution in [1.82, 2.24) is 0 Å². The van der Waals surface area contributed by atoms with Gasteiger partial charge in [-0.2, -0.15) is 12.8 Å². The minimum atomic E-state index is 0. The molecule has 0 N–H and O–H groups in total. The van der Waals surface area contributed by atoms with Crippen LogP contribution in [-0.4, -0.2) is 0 Å². The van der Waals surface area contributed by atoms with Crippen LogP contribution in [0, 0.1) is 12.3 Å². The second kappa shape index (κ2) is 6.07. The van der Waals surface area contributed by atoms with E-state index in [9.17, 15) is 0 Å². The molecule has 0 aliphatic heterocycles. The van der Waals surface area contributed by atoms with E-state index in [0.29, 0.717) is 0 Å². The molecular formula is C9H15Li. The molecule has 1 saturated carbocycles. The van der Waals surface area contributed by atoms with Gasteiger partial charge in [-0.15, -0.1) is 6.58 Å². The zero-order valence-corrected chi connectivity index (χ0v) is 6.97. The predicted octanol–water partition coefficient (Wildman–Crippen LogP) is -0.0390. The molecule has 52 valence electrons. The van der Waals surface area contributed by atoms with Crippen LogP contribution in [-0.2, 0) is 0 Å². The van der Waals surface area contributed by atoms with Crippen LogP contribution in [0.25, 0.3) is 0 Å². The SMILES string of the molecule is C=CCC1CC[CH-]CC1.[Li+]. The molecule has 0 atom stereocenters. The van der Waals surface area contributed by atoms with Crippen molar-refractivity contribution in [1.29, 1.82) is 0 Å². The van der Waals surface area contributed by atoms with Crippen LogP contribution in [0.2, 0.25) is 0 Å². The molecule has 0 heterocycles. The van der Waals surface area contributed by atoms with E-state index in [1.807, 2.05) is 0 Å². The summed E-state index contributed by atoms with van der Waals surface area (Å²) in [6.07, 6.45) is 11.1. The molecule has 0 bridgehead atoms. The Kier molecular flexibility index (Phi) is 6.28. The maximum absolute atomic E-state index is 3.74. The third-order valence-corrected chi connectivity index (χ3v) is 2.06. The van der Waals surface area contributed by atoms with Gasteiger partial charge in [-0.25, -0.2) is 0 Å². The van der Waals surface area contributed by atoms with Gasteiger partial charge >= 0.3 is 18.9 Å². The standard InChI is InChI=1S/C9H15.Li/c1-2-6-9-7-4-3-5-8-9;/h2-3,9H,1,4-8H2;/q-1;+1. The molecule has 0 amide bonds. The molecule has 0 saturated heterocycles. The quantitative estimate of drug-likeness (QED) is 0.279. The van der Waals surface area contributed by atoms with Gasteiger partial charge in [0.1, 0.15) is 0 Å². The van der Waals surface area contributed by atoms with Gasteiger partial charge in [-0.1, -0.05) is 18.9 Å². The zero-order valence-electron chi connectivity index (χ0n) is 6.97. The Morgan fingerprint density at radius 3 is 2.50 bits per heavy atom. The fourth-order valence-corrected chi connectivity index (χ4v) is 1.47. The van der Waals surface area contributed by atoms with Crippen molar-refractivity contribution >= 4 is 0 Å². The molecule has 0 unspecified atom stereocenters. The average molecular weight is 130 g/mol. The van der Waals surface area contributed by atoms with Crippen LogP contribution in [0.3, 0.4) is 0 Å². The molecule has 1 heteroatoms. The third kappa shape index (κ3) is 3.49. The first-order valence-corrected chi connectivity index (χ1v) is 3.86. The number of hydrogen-bond acceptors (Lipinski definition) is 0. The number of rotatable bonds is 2. The Labute approximate surface area is 76.3 Å². The van der Waals surface area contributed by atoms with Crippen LogP contribution in [0.5, 0.6) is 0 Å². The Bertz CT molecular complexity index is 82.7. The maximum atomic E-state index is 3.74. The van der Waals surface area contributed by atoms with E-state index in [4.69, 9.17) is 0 Å². The maximum Gasteiger partial charge on any atom is 1.00 e. The monoisotopic (exact) mass is 130 g/mol. The number of allylic oxidation sites excluding steroid dienone is 1. The Morgan fingerprint density at radius 2 is 2.00 bits per heavy atom. The van der Waals surface area contributed by atoms with E-state index in [1.165, 1.54) is 32.1 Å². The molecular weight excluding hydrogens is 115 g/mol. The van der Waals surface area contributed by atoms with Crippen molar-refractivity contribution in [2.45, 2.75) is 32.1 Å². The predicted molar refractivity (Wildman–Crippen MR) is 41.1 cm³/mol. The second-order valence-corrected chi connectivity index (χ2v) is 2.83. The molecule has 1 rings (SSSR count). The van der Waals surface area contributed by atoms with Gasteiger partial charge in [0.25, 0.3) is 0 Å². The summed E-state index contributed by atoms with van der Waals surface area (Å²) < 4.78 is 0. The van der Waals surface area contributed by atoms with Gasteiger partial charge in [0.15, 0.2) is 0 Å². The topological polar surface area (TPSA) is 0 Å². The Morgan fingerprint density at radius 1 is 1.40 bits per heavy atom. The van der Waals surface area contributed by atoms with Crippen LogP contribution < -0.4 is 18.9 Å². The van der Waals surface area contributed by atoms with Crippen molar-refractivity contribution in [3.8, 4) is 0 Å². The number of hydrogen-bond donors (Lipinski definition) is 0. The van der Waals surface area contributed by atoms with Crippen LogP contribution >= 0.6 is 0 Å². The molecule has 0 nitrogen and oxygen atoms in total. The van der Waals surface area contributed by atoms with E-state index >= 15 is 0 Å². The minimum absolute atomic E-state index is 0. The minimum Gasteiger partial charge on any atom is -0.328 e. The molecule has 0 aromatic rings. The average Bonchev–Trinajstić information content (AvgIpc) is 1.91. The summed E-state index contributed by atoms with van der Waals surface area (Å²) in [6, 6.07) is 0. The summed E-state index contributed by atoms with van der Waals surface area (Å²) in [5, 5.41) is 0. The van der Waals surface area contributed by atoms with E-state index in [1.54, 1.807) is 0 Å². The fourth-order valence-electron chi connectivity index (χ4n) is 1.47. The summed E-state index contributed by atoms with van der Waals surface area (Å²) in [7, 11) is 0. The van der Waals surface area contributed by atoms with Crippen molar-refractivity contribution in [3.63, 3.8) is 0 Å². The second-order valence-electron chi connectivity index (χ2n) is 2.83. The van der Waals surface area contributed by atoms with Crippen LogP contribution in [0.1, 0.15) is 32.1 Å². The van der Waals surface area contributed by atoms with Gasteiger partial charge in [0.2, 0.25) is 0 Å². The zero-order chi connectivity index (χ0) is 6.53. The molecule has 10 heavy (non-hydrogen) atoms. The van der Waals surface area contributed by atoms with Crippen LogP contribution in [0.15, 0.2) is 12.7 Å². The van der Waals surface area contributed by atoms with Crippen molar-refractivity contribution < 1.29 is 18.9 Å². The van der Waals surface area contributed by atoms with Crippen molar-refractivity contribution in [2.75, 3.05) is 0 Å². The van der Waals surface area contributed by atoms with Crippen LogP contribution in [0.4, 0.5) is 0 Å². The van der Waals surface area contributed by atoms with E-state index in [2.05, 4.69) is 19.1 Å². The molecule has 0 aromatic carbocycles. The first-order valence-electron chi connectivity index (χ1n) is 3.86. The molecule has 1 fully saturated rings. The Balaban J connectivity index is 0.000000810. The van der Waals surface area contributed by atoms with E-state index in [-0.39, 0.29) is 18.9 Å². The molecule has 1 aliphatic rings. The third-order valence-electron chi connectivity index (χ3n) is 2.06. The normalized spacial score (nSPS) is 19.6. The smallest absolute Gasteiger partial charge is 0.328 e. The first-order chi connectivity index (χ1) is 4.43. The molecule has 0 aromatic heterocycles. The molecule has 0 radical (unpaired) electrons. The Hall–Kier alpha value is 0.337. The van der Waals surface area contributed by atoms with Crippen molar-refractivity contribution in [2.24, 2.45) is 5.92 Å². The van der Waals surface area contributed by atoms with E-state index < -0.39 is 0 Å². The van der Waals surface area contributed by atoms with E-state index in [0.717, 1.165) is 5.92 Å². The molecule has 0 spiro atoms. The van der Waals surface area contributed by atoms with Gasteiger partial charge in [0.05, 0.1) is 0 Å². The fraction of sp³-hybridized carbons (Fsp3) is 0.667. The summed E-state index contributed by atoms with van der Waals surface area (Å²) >= 11 is 0. The van der Waals surface area contributed by atoms with Gasteiger partial charge in [-0.05, 0) is 12.3 Å².